The highest BCUT2D eigenvalue weighted by Crippen LogP contribution is 2.29. The molecule has 6 nitrogen and oxygen atoms in total. The summed E-state index contributed by atoms with van der Waals surface area (Å²) in [4.78, 5) is 24.8. The van der Waals surface area contributed by atoms with E-state index < -0.39 is 12.0 Å². The lowest BCUT2D eigenvalue weighted by Crippen LogP contribution is -2.24. The summed E-state index contributed by atoms with van der Waals surface area (Å²) in [6, 6.07) is 1.13. The smallest absolute Gasteiger partial charge is 0.340 e. The number of thiophene rings is 1. The van der Waals surface area contributed by atoms with Gasteiger partial charge in [-0.15, -0.1) is 11.3 Å². The van der Waals surface area contributed by atoms with E-state index in [4.69, 9.17) is 16.3 Å². The van der Waals surface area contributed by atoms with Crippen molar-refractivity contribution >= 4 is 39.8 Å². The second kappa shape index (κ2) is 6.28. The normalized spacial score (nSPS) is 12.0. The number of rotatable bonds is 4. The summed E-state index contributed by atoms with van der Waals surface area (Å²) in [5, 5.41) is 7.64. The average molecular weight is 328 g/mol. The van der Waals surface area contributed by atoms with Crippen LogP contribution >= 0.6 is 22.9 Å². The summed E-state index contributed by atoms with van der Waals surface area (Å²) in [6.07, 6.45) is 3.02. The lowest BCUT2D eigenvalue weighted by Gasteiger charge is -2.12. The first-order valence-corrected chi connectivity index (χ1v) is 7.31. The van der Waals surface area contributed by atoms with E-state index in [1.807, 2.05) is 6.92 Å². The number of halogens is 1. The molecule has 0 spiro atoms. The number of amides is 1. The number of nitrogens with zero attached hydrogens (tertiary/aromatic N) is 2. The molecule has 0 aliphatic carbocycles. The zero-order valence-corrected chi connectivity index (χ0v) is 13.3. The number of aromatic nitrogens is 2. The average Bonchev–Trinajstić information content (AvgIpc) is 3.03. The number of ether oxygens (including phenoxy) is 1. The van der Waals surface area contributed by atoms with Crippen molar-refractivity contribution in [1.82, 2.24) is 9.78 Å². The van der Waals surface area contributed by atoms with Gasteiger partial charge in [0.05, 0.1) is 23.9 Å². The van der Waals surface area contributed by atoms with Gasteiger partial charge in [0.15, 0.2) is 0 Å². The van der Waals surface area contributed by atoms with Crippen molar-refractivity contribution < 1.29 is 14.3 Å². The molecule has 0 aliphatic heterocycles. The van der Waals surface area contributed by atoms with Crippen LogP contribution in [0.4, 0.5) is 5.00 Å². The SMILES string of the molecule is COC(=O)c1cc(C)sc1NC(=O)C(C)n1cc(Cl)cn1. The van der Waals surface area contributed by atoms with Gasteiger partial charge in [-0.2, -0.15) is 5.10 Å². The summed E-state index contributed by atoms with van der Waals surface area (Å²) in [6.45, 7) is 3.54. The number of nitrogens with one attached hydrogen (secondary N) is 1. The van der Waals surface area contributed by atoms with Gasteiger partial charge in [-0.05, 0) is 19.9 Å². The molecule has 0 saturated heterocycles. The maximum Gasteiger partial charge on any atom is 0.340 e. The quantitative estimate of drug-likeness (QED) is 0.876. The van der Waals surface area contributed by atoms with E-state index in [0.29, 0.717) is 15.6 Å². The van der Waals surface area contributed by atoms with Gasteiger partial charge in [0.2, 0.25) is 5.91 Å². The topological polar surface area (TPSA) is 73.2 Å². The fourth-order valence-corrected chi connectivity index (χ4v) is 2.78. The maximum absolute atomic E-state index is 12.2. The minimum Gasteiger partial charge on any atom is -0.465 e. The zero-order valence-electron chi connectivity index (χ0n) is 11.7. The minimum atomic E-state index is -0.551. The first kappa shape index (κ1) is 15.5. The molecule has 0 bridgehead atoms. The van der Waals surface area contributed by atoms with Crippen LogP contribution in [0.3, 0.4) is 0 Å². The molecule has 2 rings (SSSR count). The lowest BCUT2D eigenvalue weighted by molar-refractivity contribution is -0.119. The third-order valence-corrected chi connectivity index (χ3v) is 4.00. The molecule has 21 heavy (non-hydrogen) atoms. The lowest BCUT2D eigenvalue weighted by atomic mass is 10.2. The minimum absolute atomic E-state index is 0.290. The summed E-state index contributed by atoms with van der Waals surface area (Å²) in [5.74, 6) is -0.772. The molecule has 2 aromatic heterocycles. The third-order valence-electron chi connectivity index (χ3n) is 2.84. The van der Waals surface area contributed by atoms with E-state index in [0.717, 1.165) is 4.88 Å². The Morgan fingerprint density at radius 1 is 1.52 bits per heavy atom. The van der Waals surface area contributed by atoms with Gasteiger partial charge in [-0.25, -0.2) is 4.79 Å². The first-order valence-electron chi connectivity index (χ1n) is 6.11. The van der Waals surface area contributed by atoms with Gasteiger partial charge < -0.3 is 10.1 Å². The number of hydrogen-bond donors (Lipinski definition) is 1. The van der Waals surface area contributed by atoms with E-state index in [9.17, 15) is 9.59 Å². The largest absolute Gasteiger partial charge is 0.465 e. The molecule has 1 amide bonds. The van der Waals surface area contributed by atoms with E-state index in [1.54, 1.807) is 19.2 Å². The van der Waals surface area contributed by atoms with Crippen molar-refractivity contribution in [3.8, 4) is 0 Å². The Morgan fingerprint density at radius 3 is 2.81 bits per heavy atom. The molecule has 112 valence electrons. The summed E-state index contributed by atoms with van der Waals surface area (Å²) < 4.78 is 6.16. The highest BCUT2D eigenvalue weighted by molar-refractivity contribution is 7.16. The van der Waals surface area contributed by atoms with Gasteiger partial charge in [0.1, 0.15) is 11.0 Å². The van der Waals surface area contributed by atoms with Crippen molar-refractivity contribution in [2.24, 2.45) is 0 Å². The Kier molecular flexibility index (Phi) is 4.64. The molecule has 8 heteroatoms. The predicted molar refractivity (Wildman–Crippen MR) is 81.0 cm³/mol. The van der Waals surface area contributed by atoms with Crippen LogP contribution in [0.1, 0.15) is 28.2 Å². The molecule has 0 fully saturated rings. The van der Waals surface area contributed by atoms with Gasteiger partial charge in [-0.3, -0.25) is 9.48 Å². The molecule has 1 N–H and O–H groups in total. The van der Waals surface area contributed by atoms with Gasteiger partial charge in [0.25, 0.3) is 0 Å². The van der Waals surface area contributed by atoms with E-state index in [1.165, 1.54) is 29.3 Å². The Labute approximate surface area is 130 Å². The van der Waals surface area contributed by atoms with Crippen LogP contribution in [-0.2, 0) is 9.53 Å². The molecular formula is C13H14ClN3O3S. The van der Waals surface area contributed by atoms with Crippen LogP contribution < -0.4 is 5.32 Å². The van der Waals surface area contributed by atoms with Crippen molar-refractivity contribution in [2.45, 2.75) is 19.9 Å². The molecule has 0 saturated carbocycles. The Bertz CT molecular complexity index is 680. The third kappa shape index (κ3) is 3.43. The van der Waals surface area contributed by atoms with Crippen LogP contribution in [0.2, 0.25) is 5.02 Å². The molecule has 2 aromatic rings. The summed E-state index contributed by atoms with van der Waals surface area (Å²) in [7, 11) is 1.30. The number of hydrogen-bond acceptors (Lipinski definition) is 5. The Hall–Kier alpha value is -1.86. The van der Waals surface area contributed by atoms with Gasteiger partial charge in [0, 0.05) is 11.1 Å². The van der Waals surface area contributed by atoms with Crippen LogP contribution in [0.15, 0.2) is 18.5 Å². The molecule has 1 atom stereocenters. The molecular weight excluding hydrogens is 314 g/mol. The molecule has 2 heterocycles. The highest BCUT2D eigenvalue weighted by atomic mass is 35.5. The number of aryl methyl sites for hydroxylation is 1. The summed E-state index contributed by atoms with van der Waals surface area (Å²) in [5.41, 5.74) is 0.346. The Balaban J connectivity index is 2.18. The number of anilines is 1. The van der Waals surface area contributed by atoms with Gasteiger partial charge in [-0.1, -0.05) is 11.6 Å². The maximum atomic E-state index is 12.2. The van der Waals surface area contributed by atoms with Crippen LogP contribution in [0.25, 0.3) is 0 Å². The van der Waals surface area contributed by atoms with Crippen LogP contribution in [0, 0.1) is 6.92 Å². The zero-order chi connectivity index (χ0) is 15.6. The predicted octanol–water partition coefficient (Wildman–Crippen LogP) is 2.89. The molecule has 0 aliphatic rings. The van der Waals surface area contributed by atoms with E-state index >= 15 is 0 Å². The fourth-order valence-electron chi connectivity index (χ4n) is 1.73. The Morgan fingerprint density at radius 2 is 2.24 bits per heavy atom. The monoisotopic (exact) mass is 327 g/mol. The highest BCUT2D eigenvalue weighted by Gasteiger charge is 2.21. The second-order valence-corrected chi connectivity index (χ2v) is 6.09. The number of methoxy groups -OCH3 is 1. The van der Waals surface area contributed by atoms with Crippen molar-refractivity contribution in [2.75, 3.05) is 12.4 Å². The second-order valence-electron chi connectivity index (χ2n) is 4.40. The van der Waals surface area contributed by atoms with E-state index in [2.05, 4.69) is 10.4 Å². The molecule has 1 unspecified atom stereocenters. The van der Waals surface area contributed by atoms with Crippen molar-refractivity contribution in [3.63, 3.8) is 0 Å². The summed E-state index contributed by atoms with van der Waals surface area (Å²) >= 11 is 7.10. The van der Waals surface area contributed by atoms with Crippen molar-refractivity contribution in [3.05, 3.63) is 33.9 Å². The number of carbonyl (C=O) groups excluding carboxylic acids is 2. The van der Waals surface area contributed by atoms with Crippen LogP contribution in [-0.4, -0.2) is 28.8 Å². The van der Waals surface area contributed by atoms with Crippen LogP contribution in [0.5, 0.6) is 0 Å². The van der Waals surface area contributed by atoms with E-state index in [-0.39, 0.29) is 5.91 Å². The standard InChI is InChI=1S/C13H14ClN3O3S/c1-7-4-10(13(19)20-3)12(21-7)16-11(18)8(2)17-6-9(14)5-15-17/h4-6,8H,1-3H3,(H,16,18). The van der Waals surface area contributed by atoms with Crippen molar-refractivity contribution in [1.29, 1.82) is 0 Å². The first-order chi connectivity index (χ1) is 9.92. The molecule has 0 aromatic carbocycles. The molecule has 0 radical (unpaired) electrons. The number of carbonyl (C=O) groups is 2. The number of esters is 1. The fraction of sp³-hybridized carbons (Fsp3) is 0.308. The van der Waals surface area contributed by atoms with Gasteiger partial charge >= 0.3 is 5.97 Å².